The molecule has 0 atom stereocenters. The molecule has 0 spiro atoms. The second-order valence-electron chi connectivity index (χ2n) is 2.32. The maximum absolute atomic E-state index is 12.1. The molecule has 0 heterocycles. The number of rotatable bonds is 4. The van der Waals surface area contributed by atoms with E-state index in [2.05, 4.69) is 15.9 Å². The molecule has 1 rings (SSSR count). The summed E-state index contributed by atoms with van der Waals surface area (Å²) in [4.78, 5) is 0. The monoisotopic (exact) mass is 232 g/mol. The highest BCUT2D eigenvalue weighted by Crippen LogP contribution is 2.12. The fourth-order valence-electron chi connectivity index (χ4n) is 0.831. The molecule has 3 heteroatoms. The Kier molecular flexibility index (Phi) is 4.08. The van der Waals surface area contributed by atoms with Gasteiger partial charge in [0, 0.05) is 5.33 Å². The van der Waals surface area contributed by atoms with E-state index in [1.54, 1.807) is 24.3 Å². The molecule has 1 aromatic rings. The van der Waals surface area contributed by atoms with Crippen molar-refractivity contribution in [3.8, 4) is 5.75 Å². The normalized spacial score (nSPS) is 9.83. The van der Waals surface area contributed by atoms with Crippen LogP contribution < -0.4 is 4.74 Å². The fourth-order valence-corrected chi connectivity index (χ4v) is 0.993. The van der Waals surface area contributed by atoms with Gasteiger partial charge in [-0.1, -0.05) is 28.1 Å². The number of hydrogen-bond donors (Lipinski definition) is 0. The molecule has 0 aliphatic carbocycles. The first-order valence-electron chi connectivity index (χ1n) is 3.70. The zero-order valence-corrected chi connectivity index (χ0v) is 8.18. The zero-order chi connectivity index (χ0) is 8.81. The molecule has 0 saturated heterocycles. The van der Waals surface area contributed by atoms with Crippen molar-refractivity contribution in [2.24, 2.45) is 0 Å². The predicted molar refractivity (Wildman–Crippen MR) is 50.5 cm³/mol. The number of halogens is 2. The Balaban J connectivity index is 2.53. The van der Waals surface area contributed by atoms with Crippen LogP contribution >= 0.6 is 15.9 Å². The molecule has 0 radical (unpaired) electrons. The summed E-state index contributed by atoms with van der Waals surface area (Å²) in [6.45, 7) is 0.216. The summed E-state index contributed by atoms with van der Waals surface area (Å²) in [5.74, 6) is 0.784. The van der Waals surface area contributed by atoms with Crippen LogP contribution in [0.5, 0.6) is 5.75 Å². The lowest BCUT2D eigenvalue weighted by atomic mass is 10.2. The summed E-state index contributed by atoms with van der Waals surface area (Å²) >= 11 is 3.25. The molecule has 66 valence electrons. The Labute approximate surface area is 79.7 Å². The van der Waals surface area contributed by atoms with Crippen LogP contribution in [0.1, 0.15) is 5.56 Å². The van der Waals surface area contributed by atoms with Crippen molar-refractivity contribution in [1.29, 1.82) is 0 Å². The van der Waals surface area contributed by atoms with Crippen molar-refractivity contribution >= 4 is 15.9 Å². The quantitative estimate of drug-likeness (QED) is 0.726. The number of ether oxygens (including phenoxy) is 1. The van der Waals surface area contributed by atoms with Crippen molar-refractivity contribution in [2.45, 2.75) is 6.67 Å². The van der Waals surface area contributed by atoms with Crippen LogP contribution in [0.2, 0.25) is 0 Å². The van der Waals surface area contributed by atoms with Crippen molar-refractivity contribution in [1.82, 2.24) is 0 Å². The van der Waals surface area contributed by atoms with E-state index in [1.807, 2.05) is 0 Å². The Morgan fingerprint density at radius 2 is 1.92 bits per heavy atom. The molecule has 0 fully saturated rings. The minimum absolute atomic E-state index is 0.418. The average molecular weight is 233 g/mol. The molecular formula is C9H10BrFO. The van der Waals surface area contributed by atoms with E-state index in [-0.39, 0.29) is 0 Å². The van der Waals surface area contributed by atoms with Crippen LogP contribution in [0, 0.1) is 0 Å². The molecule has 0 N–H and O–H groups in total. The summed E-state index contributed by atoms with van der Waals surface area (Å²) in [5.41, 5.74) is 0.682. The third-order valence-corrected chi connectivity index (χ3v) is 1.75. The molecule has 0 aliphatic heterocycles. The lowest BCUT2D eigenvalue weighted by molar-refractivity contribution is 0.345. The zero-order valence-electron chi connectivity index (χ0n) is 6.59. The van der Waals surface area contributed by atoms with Crippen molar-refractivity contribution < 1.29 is 9.13 Å². The van der Waals surface area contributed by atoms with Crippen LogP contribution in [0.3, 0.4) is 0 Å². The number of benzene rings is 1. The highest BCUT2D eigenvalue weighted by molar-refractivity contribution is 9.09. The first-order valence-corrected chi connectivity index (χ1v) is 4.82. The van der Waals surface area contributed by atoms with Gasteiger partial charge in [-0.15, -0.1) is 0 Å². The van der Waals surface area contributed by atoms with Gasteiger partial charge in [0.2, 0.25) is 0 Å². The molecule has 0 unspecified atom stereocenters. The third-order valence-electron chi connectivity index (χ3n) is 1.42. The third kappa shape index (κ3) is 2.81. The van der Waals surface area contributed by atoms with Gasteiger partial charge < -0.3 is 4.74 Å². The van der Waals surface area contributed by atoms with Gasteiger partial charge in [-0.3, -0.25) is 0 Å². The second-order valence-corrected chi connectivity index (χ2v) is 3.11. The second kappa shape index (κ2) is 5.14. The van der Waals surface area contributed by atoms with Crippen LogP contribution in [0.15, 0.2) is 24.3 Å². The van der Waals surface area contributed by atoms with Crippen molar-refractivity contribution in [3.63, 3.8) is 0 Å². The van der Waals surface area contributed by atoms with Gasteiger partial charge in [0.25, 0.3) is 0 Å². The smallest absolute Gasteiger partial charge is 0.119 e. The maximum atomic E-state index is 12.1. The standard InChI is InChI=1S/C9H10BrFO/c10-5-6-12-9-3-1-8(7-11)2-4-9/h1-4H,5-7H2. The number of alkyl halides is 2. The summed E-state index contributed by atoms with van der Waals surface area (Å²) in [6, 6.07) is 7.00. The lowest BCUT2D eigenvalue weighted by Crippen LogP contribution is -1.97. The topological polar surface area (TPSA) is 9.23 Å². The molecule has 0 aromatic heterocycles. The molecule has 0 amide bonds. The van der Waals surface area contributed by atoms with Gasteiger partial charge in [-0.05, 0) is 17.7 Å². The molecule has 0 bridgehead atoms. The van der Waals surface area contributed by atoms with Crippen molar-refractivity contribution in [3.05, 3.63) is 29.8 Å². The van der Waals surface area contributed by atoms with E-state index in [9.17, 15) is 4.39 Å². The molecular weight excluding hydrogens is 223 g/mol. The fraction of sp³-hybridized carbons (Fsp3) is 0.333. The SMILES string of the molecule is FCc1ccc(OCCBr)cc1. The summed E-state index contributed by atoms with van der Waals surface area (Å²) in [5, 5.41) is 0.803. The van der Waals surface area contributed by atoms with E-state index in [4.69, 9.17) is 4.74 Å². The minimum Gasteiger partial charge on any atom is -0.493 e. The van der Waals surface area contributed by atoms with Crippen LogP contribution in [-0.2, 0) is 6.67 Å². The predicted octanol–water partition coefficient (Wildman–Crippen LogP) is 2.93. The molecule has 1 aromatic carbocycles. The van der Waals surface area contributed by atoms with E-state index >= 15 is 0 Å². The Morgan fingerprint density at radius 1 is 1.25 bits per heavy atom. The average Bonchev–Trinajstić information content (AvgIpc) is 2.15. The summed E-state index contributed by atoms with van der Waals surface area (Å²) < 4.78 is 17.3. The Hall–Kier alpha value is -0.570. The van der Waals surface area contributed by atoms with Gasteiger partial charge in [0.15, 0.2) is 0 Å². The van der Waals surface area contributed by atoms with E-state index in [1.165, 1.54) is 0 Å². The minimum atomic E-state index is -0.418. The molecule has 0 aliphatic rings. The molecule has 0 saturated carbocycles. The van der Waals surface area contributed by atoms with Gasteiger partial charge in [0.05, 0.1) is 6.61 Å². The van der Waals surface area contributed by atoms with Crippen LogP contribution in [0.4, 0.5) is 4.39 Å². The largest absolute Gasteiger partial charge is 0.493 e. The Bertz CT molecular complexity index is 222. The molecule has 1 nitrogen and oxygen atoms in total. The van der Waals surface area contributed by atoms with Crippen LogP contribution in [-0.4, -0.2) is 11.9 Å². The van der Waals surface area contributed by atoms with Gasteiger partial charge >= 0.3 is 0 Å². The Morgan fingerprint density at radius 3 is 2.42 bits per heavy atom. The number of hydrogen-bond acceptors (Lipinski definition) is 1. The maximum Gasteiger partial charge on any atom is 0.119 e. The van der Waals surface area contributed by atoms with E-state index < -0.39 is 6.67 Å². The van der Waals surface area contributed by atoms with E-state index in [0.29, 0.717) is 12.2 Å². The van der Waals surface area contributed by atoms with Gasteiger partial charge in [-0.2, -0.15) is 0 Å². The van der Waals surface area contributed by atoms with E-state index in [0.717, 1.165) is 11.1 Å². The highest BCUT2D eigenvalue weighted by Gasteiger charge is 1.93. The van der Waals surface area contributed by atoms with Crippen molar-refractivity contribution in [2.75, 3.05) is 11.9 Å². The van der Waals surface area contributed by atoms with Gasteiger partial charge in [0.1, 0.15) is 12.4 Å². The van der Waals surface area contributed by atoms with Gasteiger partial charge in [-0.25, -0.2) is 4.39 Å². The lowest BCUT2D eigenvalue weighted by Gasteiger charge is -2.03. The summed E-state index contributed by atoms with van der Waals surface area (Å²) in [7, 11) is 0. The first-order chi connectivity index (χ1) is 5.86. The molecule has 12 heavy (non-hydrogen) atoms. The first kappa shape index (κ1) is 9.52. The highest BCUT2D eigenvalue weighted by atomic mass is 79.9. The summed E-state index contributed by atoms with van der Waals surface area (Å²) in [6.07, 6.45) is 0. The van der Waals surface area contributed by atoms with Crippen LogP contribution in [0.25, 0.3) is 0 Å².